The van der Waals surface area contributed by atoms with Gasteiger partial charge in [-0.25, -0.2) is 9.78 Å². The maximum atomic E-state index is 12.5. The molecule has 0 bridgehead atoms. The first-order valence-corrected chi connectivity index (χ1v) is 8.92. The molecule has 1 aliphatic heterocycles. The molecule has 0 spiro atoms. The highest BCUT2D eigenvalue weighted by Gasteiger charge is 2.39. The fourth-order valence-electron chi connectivity index (χ4n) is 2.67. The van der Waals surface area contributed by atoms with Crippen LogP contribution in [0.15, 0.2) is 29.8 Å². The standard InChI is InChI=1S/C17H18N4O5S/c1-25-12-4-3-10(7-13(12)26-2)9-21-15(23)11(19-17(21)24)8-14(22)20-16-18-5-6-27-16/h3-7,11H,8-9H2,1-2H3,(H,19,24)(H,18,20,22)/t11-/m1/s1. The largest absolute Gasteiger partial charge is 0.493 e. The van der Waals surface area contributed by atoms with Crippen molar-refractivity contribution in [2.24, 2.45) is 0 Å². The van der Waals surface area contributed by atoms with Crippen LogP contribution in [0.2, 0.25) is 0 Å². The Balaban J connectivity index is 1.64. The third-order valence-electron chi connectivity index (χ3n) is 3.96. The molecule has 1 aromatic heterocycles. The number of nitrogens with one attached hydrogen (secondary N) is 2. The van der Waals surface area contributed by atoms with E-state index in [9.17, 15) is 14.4 Å². The monoisotopic (exact) mass is 390 g/mol. The van der Waals surface area contributed by atoms with Gasteiger partial charge in [0.05, 0.1) is 27.2 Å². The van der Waals surface area contributed by atoms with Gasteiger partial charge in [0, 0.05) is 11.6 Å². The number of rotatable bonds is 7. The second-order valence-corrected chi connectivity index (χ2v) is 6.60. The van der Waals surface area contributed by atoms with Gasteiger partial charge >= 0.3 is 6.03 Å². The van der Waals surface area contributed by atoms with E-state index in [0.717, 1.165) is 4.90 Å². The number of amides is 4. The third kappa shape index (κ3) is 4.17. The van der Waals surface area contributed by atoms with Crippen LogP contribution in [-0.4, -0.2) is 48.0 Å². The van der Waals surface area contributed by atoms with E-state index in [1.807, 2.05) is 0 Å². The Labute approximate surface area is 159 Å². The highest BCUT2D eigenvalue weighted by atomic mass is 32.1. The third-order valence-corrected chi connectivity index (χ3v) is 4.65. The Bertz CT molecular complexity index is 855. The molecule has 10 heteroatoms. The van der Waals surface area contributed by atoms with E-state index in [1.54, 1.807) is 29.8 Å². The van der Waals surface area contributed by atoms with E-state index in [0.29, 0.717) is 22.2 Å². The van der Waals surface area contributed by atoms with Crippen molar-refractivity contribution in [1.29, 1.82) is 0 Å². The van der Waals surface area contributed by atoms with Crippen LogP contribution in [0.5, 0.6) is 11.5 Å². The zero-order chi connectivity index (χ0) is 19.4. The summed E-state index contributed by atoms with van der Waals surface area (Å²) in [7, 11) is 3.03. The molecule has 0 unspecified atom stereocenters. The number of carbonyl (C=O) groups is 3. The number of benzene rings is 1. The number of imide groups is 1. The number of methoxy groups -OCH3 is 2. The van der Waals surface area contributed by atoms with Crippen molar-refractivity contribution >= 4 is 34.3 Å². The average molecular weight is 390 g/mol. The van der Waals surface area contributed by atoms with E-state index in [-0.39, 0.29) is 13.0 Å². The Kier molecular flexibility index (Phi) is 5.55. The predicted octanol–water partition coefficient (Wildman–Crippen LogP) is 1.61. The Morgan fingerprint density at radius 2 is 2.07 bits per heavy atom. The summed E-state index contributed by atoms with van der Waals surface area (Å²) >= 11 is 1.27. The first-order chi connectivity index (χ1) is 13.0. The Morgan fingerprint density at radius 3 is 2.74 bits per heavy atom. The molecule has 0 radical (unpaired) electrons. The van der Waals surface area contributed by atoms with E-state index in [4.69, 9.17) is 9.47 Å². The Morgan fingerprint density at radius 1 is 1.30 bits per heavy atom. The van der Waals surface area contributed by atoms with Crippen molar-refractivity contribution in [2.45, 2.75) is 19.0 Å². The van der Waals surface area contributed by atoms with E-state index in [2.05, 4.69) is 15.6 Å². The van der Waals surface area contributed by atoms with Gasteiger partial charge in [-0.15, -0.1) is 11.3 Å². The van der Waals surface area contributed by atoms with E-state index >= 15 is 0 Å². The van der Waals surface area contributed by atoms with Crippen LogP contribution in [0.3, 0.4) is 0 Å². The van der Waals surface area contributed by atoms with Crippen molar-refractivity contribution in [3.05, 3.63) is 35.3 Å². The van der Waals surface area contributed by atoms with Crippen molar-refractivity contribution in [3.8, 4) is 11.5 Å². The lowest BCUT2D eigenvalue weighted by molar-refractivity contribution is -0.130. The van der Waals surface area contributed by atoms with Crippen molar-refractivity contribution in [2.75, 3.05) is 19.5 Å². The molecule has 1 fully saturated rings. The number of ether oxygens (including phenoxy) is 2. The molecule has 3 rings (SSSR count). The van der Waals surface area contributed by atoms with Gasteiger partial charge in [0.15, 0.2) is 16.6 Å². The lowest BCUT2D eigenvalue weighted by Crippen LogP contribution is -2.34. The quantitative estimate of drug-likeness (QED) is 0.695. The number of thiazole rings is 1. The summed E-state index contributed by atoms with van der Waals surface area (Å²) in [4.78, 5) is 41.8. The summed E-state index contributed by atoms with van der Waals surface area (Å²) < 4.78 is 10.4. The second kappa shape index (κ2) is 8.04. The van der Waals surface area contributed by atoms with Crippen LogP contribution >= 0.6 is 11.3 Å². The van der Waals surface area contributed by atoms with Crippen LogP contribution in [0.25, 0.3) is 0 Å². The minimum absolute atomic E-state index is 0.0651. The lowest BCUT2D eigenvalue weighted by Gasteiger charge is -2.15. The number of aromatic nitrogens is 1. The number of urea groups is 1. The molecular weight excluding hydrogens is 372 g/mol. The van der Waals surface area contributed by atoms with Gasteiger partial charge in [0.2, 0.25) is 5.91 Å². The molecule has 4 amide bonds. The SMILES string of the molecule is COc1ccc(CN2C(=O)N[C@H](CC(=O)Nc3nccs3)C2=O)cc1OC. The van der Waals surface area contributed by atoms with Gasteiger partial charge in [-0.2, -0.15) is 0 Å². The first-order valence-electron chi connectivity index (χ1n) is 8.04. The lowest BCUT2D eigenvalue weighted by atomic mass is 10.1. The summed E-state index contributed by atoms with van der Waals surface area (Å²) in [6, 6.07) is 3.69. The first kappa shape index (κ1) is 18.6. The molecule has 1 atom stereocenters. The molecule has 9 nitrogen and oxygen atoms in total. The minimum Gasteiger partial charge on any atom is -0.493 e. The summed E-state index contributed by atoms with van der Waals surface area (Å²) in [5, 5.41) is 7.30. The van der Waals surface area contributed by atoms with E-state index in [1.165, 1.54) is 25.6 Å². The molecule has 2 aromatic rings. The van der Waals surface area contributed by atoms with Gasteiger partial charge in [0.25, 0.3) is 5.91 Å². The topological polar surface area (TPSA) is 110 Å². The molecule has 2 heterocycles. The van der Waals surface area contributed by atoms with Crippen LogP contribution < -0.4 is 20.1 Å². The van der Waals surface area contributed by atoms with Crippen molar-refractivity contribution in [3.63, 3.8) is 0 Å². The van der Waals surface area contributed by atoms with Gasteiger partial charge in [-0.1, -0.05) is 6.07 Å². The van der Waals surface area contributed by atoms with Crippen LogP contribution in [-0.2, 0) is 16.1 Å². The minimum atomic E-state index is -0.905. The number of anilines is 1. The highest BCUT2D eigenvalue weighted by Crippen LogP contribution is 2.28. The maximum absolute atomic E-state index is 12.5. The smallest absolute Gasteiger partial charge is 0.325 e. The van der Waals surface area contributed by atoms with Crippen LogP contribution in [0.1, 0.15) is 12.0 Å². The molecule has 0 aliphatic carbocycles. The maximum Gasteiger partial charge on any atom is 0.325 e. The second-order valence-electron chi connectivity index (χ2n) is 5.71. The van der Waals surface area contributed by atoms with Crippen LogP contribution in [0, 0.1) is 0 Å². The molecule has 1 aromatic carbocycles. The predicted molar refractivity (Wildman–Crippen MR) is 97.8 cm³/mol. The molecule has 142 valence electrons. The van der Waals surface area contributed by atoms with Crippen molar-refractivity contribution in [1.82, 2.24) is 15.2 Å². The number of carbonyl (C=O) groups excluding carboxylic acids is 3. The summed E-state index contributed by atoms with van der Waals surface area (Å²) in [6.07, 6.45) is 1.40. The highest BCUT2D eigenvalue weighted by molar-refractivity contribution is 7.13. The number of hydrogen-bond acceptors (Lipinski definition) is 7. The zero-order valence-electron chi connectivity index (χ0n) is 14.7. The van der Waals surface area contributed by atoms with Crippen LogP contribution in [0.4, 0.5) is 9.93 Å². The van der Waals surface area contributed by atoms with E-state index < -0.39 is 23.9 Å². The Hall–Kier alpha value is -3.14. The van der Waals surface area contributed by atoms with Gasteiger partial charge in [-0.3, -0.25) is 14.5 Å². The summed E-state index contributed by atoms with van der Waals surface area (Å²) in [5.74, 6) is 0.206. The molecule has 1 saturated heterocycles. The van der Waals surface area contributed by atoms with Gasteiger partial charge < -0.3 is 20.1 Å². The molecular formula is C17H18N4O5S. The molecule has 27 heavy (non-hydrogen) atoms. The van der Waals surface area contributed by atoms with Gasteiger partial charge in [-0.05, 0) is 17.7 Å². The fourth-order valence-corrected chi connectivity index (χ4v) is 3.21. The molecule has 2 N–H and O–H groups in total. The normalized spacial score (nSPS) is 16.2. The average Bonchev–Trinajstić information content (AvgIpc) is 3.25. The number of hydrogen-bond donors (Lipinski definition) is 2. The fraction of sp³-hybridized carbons (Fsp3) is 0.294. The summed E-state index contributed by atoms with van der Waals surface area (Å²) in [5.41, 5.74) is 0.698. The molecule has 1 aliphatic rings. The summed E-state index contributed by atoms with van der Waals surface area (Å²) in [6.45, 7) is 0.0651. The molecule has 0 saturated carbocycles. The zero-order valence-corrected chi connectivity index (χ0v) is 15.5. The number of nitrogens with zero attached hydrogens (tertiary/aromatic N) is 2. The van der Waals surface area contributed by atoms with Gasteiger partial charge in [0.1, 0.15) is 6.04 Å². The van der Waals surface area contributed by atoms with Crippen molar-refractivity contribution < 1.29 is 23.9 Å².